The maximum atomic E-state index is 12.0. The molecule has 1 heterocycles. The standard InChI is InChI=1S/C14H24F3N3O/c1-10(2)7-18-8-13-11(3)19-20(12(13)4)5-6-21-9-14(15,16)17/h10,18H,5-9H2,1-4H3. The van der Waals surface area contributed by atoms with Crippen molar-refractivity contribution < 1.29 is 17.9 Å². The molecule has 0 saturated carbocycles. The molecule has 0 bridgehead atoms. The van der Waals surface area contributed by atoms with Crippen molar-refractivity contribution in [2.75, 3.05) is 19.8 Å². The maximum Gasteiger partial charge on any atom is 0.411 e. The van der Waals surface area contributed by atoms with E-state index in [0.29, 0.717) is 12.5 Å². The van der Waals surface area contributed by atoms with Crippen LogP contribution in [0.3, 0.4) is 0 Å². The van der Waals surface area contributed by atoms with Crippen molar-refractivity contribution in [2.24, 2.45) is 5.92 Å². The van der Waals surface area contributed by atoms with E-state index in [1.165, 1.54) is 0 Å². The number of rotatable bonds is 8. The van der Waals surface area contributed by atoms with Crippen molar-refractivity contribution in [2.45, 2.75) is 47.0 Å². The van der Waals surface area contributed by atoms with Crippen molar-refractivity contribution in [3.63, 3.8) is 0 Å². The van der Waals surface area contributed by atoms with E-state index in [9.17, 15) is 13.2 Å². The molecule has 1 N–H and O–H groups in total. The van der Waals surface area contributed by atoms with Gasteiger partial charge >= 0.3 is 6.18 Å². The lowest BCUT2D eigenvalue weighted by atomic mass is 10.2. The molecule has 1 rings (SSSR count). The Hall–Kier alpha value is -1.08. The monoisotopic (exact) mass is 307 g/mol. The number of ether oxygens (including phenoxy) is 1. The Bertz CT molecular complexity index is 441. The van der Waals surface area contributed by atoms with Gasteiger partial charge in [-0.1, -0.05) is 13.8 Å². The van der Waals surface area contributed by atoms with Gasteiger partial charge in [0, 0.05) is 17.8 Å². The lowest BCUT2D eigenvalue weighted by Crippen LogP contribution is -2.20. The lowest BCUT2D eigenvalue weighted by molar-refractivity contribution is -0.174. The van der Waals surface area contributed by atoms with Crippen molar-refractivity contribution in [3.8, 4) is 0 Å². The fourth-order valence-electron chi connectivity index (χ4n) is 2.03. The number of nitrogens with zero attached hydrogens (tertiary/aromatic N) is 2. The number of hydrogen-bond donors (Lipinski definition) is 1. The third kappa shape index (κ3) is 6.48. The minimum Gasteiger partial charge on any atom is -0.370 e. The molecule has 7 heteroatoms. The summed E-state index contributed by atoms with van der Waals surface area (Å²) >= 11 is 0. The molecule has 0 fully saturated rings. The molecule has 0 aliphatic heterocycles. The van der Waals surface area contributed by atoms with E-state index in [1.807, 2.05) is 13.8 Å². The summed E-state index contributed by atoms with van der Waals surface area (Å²) in [5, 5.41) is 7.71. The first-order chi connectivity index (χ1) is 9.70. The molecule has 122 valence electrons. The molecule has 0 aliphatic rings. The minimum absolute atomic E-state index is 0.000330. The summed E-state index contributed by atoms with van der Waals surface area (Å²) < 4.78 is 42.3. The van der Waals surface area contributed by atoms with Crippen molar-refractivity contribution in [1.29, 1.82) is 0 Å². The van der Waals surface area contributed by atoms with Crippen LogP contribution in [0, 0.1) is 19.8 Å². The fourth-order valence-corrected chi connectivity index (χ4v) is 2.03. The minimum atomic E-state index is -4.28. The van der Waals surface area contributed by atoms with Crippen LogP contribution in [0.2, 0.25) is 0 Å². The first kappa shape index (κ1) is 18.0. The van der Waals surface area contributed by atoms with Gasteiger partial charge in [-0.25, -0.2) is 0 Å². The molecule has 0 aromatic carbocycles. The Labute approximate surface area is 123 Å². The summed E-state index contributed by atoms with van der Waals surface area (Å²) in [7, 11) is 0. The maximum absolute atomic E-state index is 12.0. The average molecular weight is 307 g/mol. The van der Waals surface area contributed by atoms with Gasteiger partial charge in [-0.15, -0.1) is 0 Å². The molecule has 21 heavy (non-hydrogen) atoms. The summed E-state index contributed by atoms with van der Waals surface area (Å²) in [6, 6.07) is 0. The molecule has 0 spiro atoms. The molecule has 0 atom stereocenters. The Morgan fingerprint density at radius 2 is 1.95 bits per heavy atom. The van der Waals surface area contributed by atoms with Crippen molar-refractivity contribution >= 4 is 0 Å². The largest absolute Gasteiger partial charge is 0.411 e. The molecule has 0 amide bonds. The SMILES string of the molecule is Cc1nn(CCOCC(F)(F)F)c(C)c1CNCC(C)C. The zero-order valence-corrected chi connectivity index (χ0v) is 13.0. The van der Waals surface area contributed by atoms with Gasteiger partial charge in [-0.3, -0.25) is 4.68 Å². The van der Waals surface area contributed by atoms with Gasteiger partial charge in [-0.2, -0.15) is 18.3 Å². The molecule has 0 unspecified atom stereocenters. The summed E-state index contributed by atoms with van der Waals surface area (Å²) in [6.45, 7) is 8.85. The first-order valence-electron chi connectivity index (χ1n) is 7.08. The molecule has 0 saturated heterocycles. The van der Waals surface area contributed by atoms with E-state index in [2.05, 4.69) is 29.0 Å². The summed E-state index contributed by atoms with van der Waals surface area (Å²) in [6.07, 6.45) is -4.28. The molecule has 4 nitrogen and oxygen atoms in total. The van der Waals surface area contributed by atoms with E-state index >= 15 is 0 Å². The topological polar surface area (TPSA) is 39.1 Å². The Morgan fingerprint density at radius 1 is 1.29 bits per heavy atom. The smallest absolute Gasteiger partial charge is 0.370 e. The Kier molecular flexibility index (Phi) is 6.67. The van der Waals surface area contributed by atoms with E-state index < -0.39 is 12.8 Å². The zero-order valence-electron chi connectivity index (χ0n) is 13.0. The van der Waals surface area contributed by atoms with E-state index in [1.54, 1.807) is 4.68 Å². The number of nitrogens with one attached hydrogen (secondary N) is 1. The normalized spacial score (nSPS) is 12.4. The first-order valence-corrected chi connectivity index (χ1v) is 7.08. The van der Waals surface area contributed by atoms with Gasteiger partial charge < -0.3 is 10.1 Å². The quantitative estimate of drug-likeness (QED) is 0.751. The predicted molar refractivity (Wildman–Crippen MR) is 75.1 cm³/mol. The Balaban J connectivity index is 2.49. The van der Waals surface area contributed by atoms with Gasteiger partial charge in [0.1, 0.15) is 6.61 Å². The van der Waals surface area contributed by atoms with Crippen LogP contribution in [-0.4, -0.2) is 35.7 Å². The van der Waals surface area contributed by atoms with Crippen LogP contribution in [-0.2, 0) is 17.8 Å². The number of aromatic nitrogens is 2. The van der Waals surface area contributed by atoms with Crippen LogP contribution in [0.5, 0.6) is 0 Å². The molecule has 0 aliphatic carbocycles. The molecule has 1 aromatic rings. The highest BCUT2D eigenvalue weighted by molar-refractivity contribution is 5.24. The molecular weight excluding hydrogens is 283 g/mol. The third-order valence-electron chi connectivity index (χ3n) is 3.10. The van der Waals surface area contributed by atoms with E-state index in [-0.39, 0.29) is 6.61 Å². The summed E-state index contributed by atoms with van der Waals surface area (Å²) in [4.78, 5) is 0. The van der Waals surface area contributed by atoms with Gasteiger partial charge in [0.2, 0.25) is 0 Å². The van der Waals surface area contributed by atoms with Crippen LogP contribution < -0.4 is 5.32 Å². The number of halogens is 3. The van der Waals surface area contributed by atoms with E-state index in [4.69, 9.17) is 0 Å². The second-order valence-corrected chi connectivity index (χ2v) is 5.57. The van der Waals surface area contributed by atoms with E-state index in [0.717, 1.165) is 30.0 Å². The van der Waals surface area contributed by atoms with Crippen LogP contribution >= 0.6 is 0 Å². The lowest BCUT2D eigenvalue weighted by Gasteiger charge is -2.10. The van der Waals surface area contributed by atoms with Crippen molar-refractivity contribution in [1.82, 2.24) is 15.1 Å². The van der Waals surface area contributed by atoms with Gasteiger partial charge in [0.05, 0.1) is 18.8 Å². The van der Waals surface area contributed by atoms with Gasteiger partial charge in [0.25, 0.3) is 0 Å². The fraction of sp³-hybridized carbons (Fsp3) is 0.786. The molecule has 1 aromatic heterocycles. The highest BCUT2D eigenvalue weighted by atomic mass is 19.4. The van der Waals surface area contributed by atoms with Crippen LogP contribution in [0.25, 0.3) is 0 Å². The third-order valence-corrected chi connectivity index (χ3v) is 3.10. The second kappa shape index (κ2) is 7.79. The number of aryl methyl sites for hydroxylation is 1. The summed E-state index contributed by atoms with van der Waals surface area (Å²) in [5.74, 6) is 0.566. The number of hydrogen-bond acceptors (Lipinski definition) is 3. The second-order valence-electron chi connectivity index (χ2n) is 5.57. The summed E-state index contributed by atoms with van der Waals surface area (Å²) in [5.41, 5.74) is 2.98. The van der Waals surface area contributed by atoms with Crippen LogP contribution in [0.4, 0.5) is 13.2 Å². The highest BCUT2D eigenvalue weighted by Crippen LogP contribution is 2.15. The number of alkyl halides is 3. The average Bonchev–Trinajstić information content (AvgIpc) is 2.60. The predicted octanol–water partition coefficient (Wildman–Crippen LogP) is 2.82. The highest BCUT2D eigenvalue weighted by Gasteiger charge is 2.27. The van der Waals surface area contributed by atoms with Gasteiger partial charge in [0.15, 0.2) is 0 Å². The van der Waals surface area contributed by atoms with Crippen LogP contribution in [0.1, 0.15) is 30.8 Å². The Morgan fingerprint density at radius 3 is 2.52 bits per heavy atom. The van der Waals surface area contributed by atoms with Crippen molar-refractivity contribution in [3.05, 3.63) is 17.0 Å². The molecule has 0 radical (unpaired) electrons. The molecular formula is C14H24F3N3O. The zero-order chi connectivity index (χ0) is 16.0. The van der Waals surface area contributed by atoms with Crippen LogP contribution in [0.15, 0.2) is 0 Å². The van der Waals surface area contributed by atoms with Gasteiger partial charge in [-0.05, 0) is 26.3 Å².